The molecule has 0 saturated heterocycles. The molecule has 0 aromatic carbocycles. The van der Waals surface area contributed by atoms with Gasteiger partial charge in [0.05, 0.1) is 12.7 Å². The maximum absolute atomic E-state index is 11.2. The van der Waals surface area contributed by atoms with E-state index < -0.39 is 0 Å². The molecule has 0 fully saturated rings. The zero-order valence-electron chi connectivity index (χ0n) is 7.96. The number of esters is 1. The first-order valence-corrected chi connectivity index (χ1v) is 4.85. The molecular formula is C9H13NO2S. The third kappa shape index (κ3) is 2.01. The summed E-state index contributed by atoms with van der Waals surface area (Å²) in [6.45, 7) is 4.12. The fourth-order valence-corrected chi connectivity index (χ4v) is 1.90. The number of hydrogen-bond donors (Lipinski definition) is 1. The van der Waals surface area contributed by atoms with Gasteiger partial charge < -0.3 is 10.5 Å². The number of carbonyl (C=O) groups is 1. The Morgan fingerprint density at radius 3 is 2.62 bits per heavy atom. The van der Waals surface area contributed by atoms with E-state index in [1.54, 1.807) is 6.07 Å². The van der Waals surface area contributed by atoms with Gasteiger partial charge in [-0.2, -0.15) is 0 Å². The van der Waals surface area contributed by atoms with E-state index in [9.17, 15) is 4.79 Å². The highest BCUT2D eigenvalue weighted by atomic mass is 32.1. The van der Waals surface area contributed by atoms with Crippen molar-refractivity contribution in [1.29, 1.82) is 0 Å². The van der Waals surface area contributed by atoms with E-state index in [2.05, 4.69) is 18.6 Å². The van der Waals surface area contributed by atoms with Gasteiger partial charge in [-0.05, 0) is 12.0 Å². The van der Waals surface area contributed by atoms with Gasteiger partial charge in [-0.1, -0.05) is 13.8 Å². The van der Waals surface area contributed by atoms with Crippen LogP contribution in [0.3, 0.4) is 0 Å². The van der Waals surface area contributed by atoms with Crippen molar-refractivity contribution >= 4 is 22.3 Å². The van der Waals surface area contributed by atoms with Crippen LogP contribution >= 0.6 is 11.3 Å². The summed E-state index contributed by atoms with van der Waals surface area (Å²) in [5, 5.41) is 0.538. The van der Waals surface area contributed by atoms with Gasteiger partial charge in [-0.3, -0.25) is 0 Å². The van der Waals surface area contributed by atoms with Gasteiger partial charge in [0.25, 0.3) is 0 Å². The van der Waals surface area contributed by atoms with Gasteiger partial charge in [0, 0.05) is 4.88 Å². The number of anilines is 1. The molecule has 1 aromatic heterocycles. The average Bonchev–Trinajstić information content (AvgIpc) is 2.46. The Hall–Kier alpha value is -1.03. The van der Waals surface area contributed by atoms with Crippen LogP contribution in [0.2, 0.25) is 0 Å². The average molecular weight is 199 g/mol. The molecule has 72 valence electrons. The third-order valence-corrected chi connectivity index (χ3v) is 3.02. The monoisotopic (exact) mass is 199 g/mol. The Morgan fingerprint density at radius 1 is 1.62 bits per heavy atom. The second-order valence-electron chi connectivity index (χ2n) is 3.07. The highest BCUT2D eigenvalue weighted by Crippen LogP contribution is 2.30. The maximum Gasteiger partial charge on any atom is 0.340 e. The lowest BCUT2D eigenvalue weighted by atomic mass is 10.1. The molecule has 0 radical (unpaired) electrons. The van der Waals surface area contributed by atoms with Crippen molar-refractivity contribution in [3.63, 3.8) is 0 Å². The molecule has 1 rings (SSSR count). The van der Waals surface area contributed by atoms with Crippen molar-refractivity contribution in [2.75, 3.05) is 12.8 Å². The first-order valence-electron chi connectivity index (χ1n) is 4.03. The number of nitrogen functional groups attached to an aromatic ring is 1. The second-order valence-corrected chi connectivity index (χ2v) is 4.19. The first-order chi connectivity index (χ1) is 6.06. The number of thiophene rings is 1. The van der Waals surface area contributed by atoms with Gasteiger partial charge in [-0.15, -0.1) is 11.3 Å². The summed E-state index contributed by atoms with van der Waals surface area (Å²) >= 11 is 1.44. The molecule has 0 saturated carbocycles. The van der Waals surface area contributed by atoms with E-state index in [0.717, 1.165) is 4.88 Å². The molecule has 0 bridgehead atoms. The summed E-state index contributed by atoms with van der Waals surface area (Å²) in [5.41, 5.74) is 6.16. The van der Waals surface area contributed by atoms with Crippen molar-refractivity contribution in [3.05, 3.63) is 16.5 Å². The minimum Gasteiger partial charge on any atom is -0.465 e. The van der Waals surface area contributed by atoms with Crippen molar-refractivity contribution in [2.45, 2.75) is 19.8 Å². The second kappa shape index (κ2) is 3.79. The molecule has 4 heteroatoms. The number of ether oxygens (including phenoxy) is 1. The van der Waals surface area contributed by atoms with Crippen LogP contribution in [0.5, 0.6) is 0 Å². The van der Waals surface area contributed by atoms with Crippen molar-refractivity contribution in [2.24, 2.45) is 0 Å². The smallest absolute Gasteiger partial charge is 0.340 e. The topological polar surface area (TPSA) is 52.3 Å². The first kappa shape index (κ1) is 10.1. The molecular weight excluding hydrogens is 186 g/mol. The zero-order chi connectivity index (χ0) is 10.0. The van der Waals surface area contributed by atoms with Crippen LogP contribution in [-0.4, -0.2) is 13.1 Å². The zero-order valence-corrected chi connectivity index (χ0v) is 8.77. The van der Waals surface area contributed by atoms with Crippen LogP contribution in [0.1, 0.15) is 35.0 Å². The van der Waals surface area contributed by atoms with Crippen molar-refractivity contribution in [3.8, 4) is 0 Å². The molecule has 0 aliphatic heterocycles. The molecule has 0 unspecified atom stereocenters. The number of nitrogens with two attached hydrogens (primary N) is 1. The molecule has 13 heavy (non-hydrogen) atoms. The van der Waals surface area contributed by atoms with Crippen molar-refractivity contribution < 1.29 is 9.53 Å². The van der Waals surface area contributed by atoms with Crippen LogP contribution in [0.4, 0.5) is 5.00 Å². The van der Waals surface area contributed by atoms with E-state index in [-0.39, 0.29) is 5.97 Å². The SMILES string of the molecule is COC(=O)c1cc(C(C)C)sc1N. The molecule has 0 atom stereocenters. The number of hydrogen-bond acceptors (Lipinski definition) is 4. The van der Waals surface area contributed by atoms with Crippen LogP contribution in [0.15, 0.2) is 6.07 Å². The molecule has 0 aliphatic rings. The molecule has 1 aromatic rings. The highest BCUT2D eigenvalue weighted by molar-refractivity contribution is 7.16. The Morgan fingerprint density at radius 2 is 2.23 bits per heavy atom. The molecule has 0 aliphatic carbocycles. The van der Waals surface area contributed by atoms with E-state index in [4.69, 9.17) is 5.73 Å². The Bertz CT molecular complexity index is 317. The standard InChI is InChI=1S/C9H13NO2S/c1-5(2)7-4-6(8(10)13-7)9(11)12-3/h4-5H,10H2,1-3H3. The minimum atomic E-state index is -0.361. The van der Waals surface area contributed by atoms with E-state index in [0.29, 0.717) is 16.5 Å². The third-order valence-electron chi connectivity index (χ3n) is 1.75. The summed E-state index contributed by atoms with van der Waals surface area (Å²) in [6.07, 6.45) is 0. The van der Waals surface area contributed by atoms with Gasteiger partial charge in [0.1, 0.15) is 5.00 Å². The highest BCUT2D eigenvalue weighted by Gasteiger charge is 2.15. The van der Waals surface area contributed by atoms with Crippen LogP contribution in [0, 0.1) is 0 Å². The predicted octanol–water partition coefficient (Wildman–Crippen LogP) is 2.24. The number of rotatable bonds is 2. The van der Waals surface area contributed by atoms with Gasteiger partial charge in [0.2, 0.25) is 0 Å². The van der Waals surface area contributed by atoms with E-state index in [1.807, 2.05) is 0 Å². The van der Waals surface area contributed by atoms with Crippen LogP contribution in [0.25, 0.3) is 0 Å². The van der Waals surface area contributed by atoms with Crippen LogP contribution in [-0.2, 0) is 4.74 Å². The molecule has 3 nitrogen and oxygen atoms in total. The lowest BCUT2D eigenvalue weighted by Crippen LogP contribution is -2.02. The summed E-state index contributed by atoms with van der Waals surface area (Å²) in [7, 11) is 1.36. The summed E-state index contributed by atoms with van der Waals surface area (Å²) < 4.78 is 4.60. The largest absolute Gasteiger partial charge is 0.465 e. The Kier molecular flexibility index (Phi) is 2.93. The van der Waals surface area contributed by atoms with Crippen molar-refractivity contribution in [1.82, 2.24) is 0 Å². The Labute approximate surface area is 81.5 Å². The van der Waals surface area contributed by atoms with E-state index >= 15 is 0 Å². The summed E-state index contributed by atoms with van der Waals surface area (Å²) in [4.78, 5) is 12.3. The lowest BCUT2D eigenvalue weighted by molar-refractivity contribution is 0.0602. The maximum atomic E-state index is 11.2. The quantitative estimate of drug-likeness (QED) is 0.743. The minimum absolute atomic E-state index is 0.361. The Balaban J connectivity index is 3.03. The molecule has 2 N–H and O–H groups in total. The fourth-order valence-electron chi connectivity index (χ4n) is 0.979. The fraction of sp³-hybridized carbons (Fsp3) is 0.444. The van der Waals surface area contributed by atoms with Gasteiger partial charge >= 0.3 is 5.97 Å². The number of methoxy groups -OCH3 is 1. The summed E-state index contributed by atoms with van der Waals surface area (Å²) in [5.74, 6) is 0.0337. The van der Waals surface area contributed by atoms with Crippen LogP contribution < -0.4 is 5.73 Å². The van der Waals surface area contributed by atoms with E-state index in [1.165, 1.54) is 18.4 Å². The summed E-state index contributed by atoms with van der Waals surface area (Å²) in [6, 6.07) is 1.80. The predicted molar refractivity (Wildman–Crippen MR) is 54.2 cm³/mol. The normalized spacial score (nSPS) is 10.5. The van der Waals surface area contributed by atoms with Gasteiger partial charge in [0.15, 0.2) is 0 Å². The molecule has 0 spiro atoms. The lowest BCUT2D eigenvalue weighted by Gasteiger charge is -1.96. The molecule has 0 amide bonds. The molecule has 1 heterocycles. The number of carbonyl (C=O) groups excluding carboxylic acids is 1. The van der Waals surface area contributed by atoms with Gasteiger partial charge in [-0.25, -0.2) is 4.79 Å².